The Labute approximate surface area is 97.6 Å². The lowest BCUT2D eigenvalue weighted by Gasteiger charge is -1.97. The van der Waals surface area contributed by atoms with Gasteiger partial charge in [0, 0.05) is 16.8 Å². The molecule has 0 aliphatic rings. The van der Waals surface area contributed by atoms with Crippen LogP contribution in [0.2, 0.25) is 5.02 Å². The van der Waals surface area contributed by atoms with Crippen LogP contribution in [0.4, 0.5) is 0 Å². The largest absolute Gasteiger partial charge is 0.317 e. The molecule has 2 rings (SSSR count). The van der Waals surface area contributed by atoms with Gasteiger partial charge in [-0.25, -0.2) is 5.14 Å². The average molecular weight is 258 g/mol. The van der Waals surface area contributed by atoms with Crippen LogP contribution in [-0.4, -0.2) is 17.6 Å². The number of halogens is 1. The topological polar surface area (TPSA) is 78.0 Å². The number of hydrogen-bond donors (Lipinski definition) is 1. The first kappa shape index (κ1) is 11.1. The molecule has 0 saturated heterocycles. The summed E-state index contributed by atoms with van der Waals surface area (Å²) < 4.78 is 22.7. The van der Waals surface area contributed by atoms with E-state index in [0.29, 0.717) is 10.7 Å². The van der Waals surface area contributed by atoms with Gasteiger partial charge in [0.25, 0.3) is 0 Å². The molecule has 0 amide bonds. The summed E-state index contributed by atoms with van der Waals surface area (Å²) in [6.07, 6.45) is 1.29. The molecule has 5 nitrogen and oxygen atoms in total. The molecule has 0 spiro atoms. The van der Waals surface area contributed by atoms with Crippen LogP contribution >= 0.6 is 11.6 Å². The van der Waals surface area contributed by atoms with Gasteiger partial charge in [-0.2, -0.15) is 17.6 Å². The van der Waals surface area contributed by atoms with Gasteiger partial charge in [0.2, 0.25) is 0 Å². The Bertz CT molecular complexity index is 604. The van der Waals surface area contributed by atoms with E-state index in [2.05, 4.69) is 5.10 Å². The number of nitrogens with two attached hydrogens (primary N) is 1. The molecule has 0 aliphatic heterocycles. The fourth-order valence-corrected chi connectivity index (χ4v) is 1.78. The fraction of sp³-hybridized carbons (Fsp3) is 0. The molecular formula is C9H8ClN3O2S. The molecule has 2 aromatic rings. The van der Waals surface area contributed by atoms with E-state index in [0.717, 1.165) is 9.65 Å². The maximum absolute atomic E-state index is 11.0. The van der Waals surface area contributed by atoms with Crippen LogP contribution in [0.25, 0.3) is 11.3 Å². The summed E-state index contributed by atoms with van der Waals surface area (Å²) in [7, 11) is -3.82. The van der Waals surface area contributed by atoms with Crippen LogP contribution in [0.5, 0.6) is 0 Å². The predicted octanol–water partition coefficient (Wildman–Crippen LogP) is 1.26. The first-order chi connectivity index (χ1) is 7.47. The predicted molar refractivity (Wildman–Crippen MR) is 61.2 cm³/mol. The van der Waals surface area contributed by atoms with Gasteiger partial charge in [-0.3, -0.25) is 0 Å². The van der Waals surface area contributed by atoms with Crippen molar-refractivity contribution in [3.05, 3.63) is 41.6 Å². The molecule has 84 valence electrons. The fourth-order valence-electron chi connectivity index (χ4n) is 1.22. The normalized spacial score (nSPS) is 11.6. The molecule has 0 unspecified atom stereocenters. The third-order valence-corrected chi connectivity index (χ3v) is 2.94. The van der Waals surface area contributed by atoms with E-state index in [9.17, 15) is 8.42 Å². The van der Waals surface area contributed by atoms with E-state index in [1.54, 1.807) is 30.3 Å². The Morgan fingerprint density at radius 1 is 1.19 bits per heavy atom. The average Bonchev–Trinajstić information content (AvgIpc) is 2.67. The molecule has 0 aliphatic carbocycles. The van der Waals surface area contributed by atoms with Crippen molar-refractivity contribution in [2.75, 3.05) is 0 Å². The van der Waals surface area contributed by atoms with Crippen LogP contribution in [-0.2, 0) is 10.2 Å². The lowest BCUT2D eigenvalue weighted by atomic mass is 10.2. The van der Waals surface area contributed by atoms with Crippen molar-refractivity contribution in [3.63, 3.8) is 0 Å². The highest BCUT2D eigenvalue weighted by Gasteiger charge is 2.09. The second-order valence-electron chi connectivity index (χ2n) is 3.13. The van der Waals surface area contributed by atoms with Crippen LogP contribution in [0.3, 0.4) is 0 Å². The minimum absolute atomic E-state index is 0.519. The lowest BCUT2D eigenvalue weighted by molar-refractivity contribution is 0.582. The van der Waals surface area contributed by atoms with Crippen molar-refractivity contribution in [2.45, 2.75) is 0 Å². The monoisotopic (exact) mass is 257 g/mol. The standard InChI is InChI=1S/C9H8ClN3O2S/c10-8-3-1-7(2-4-8)9-5-6-13(12-9)16(11,14)15/h1-6H,(H2,11,14,15). The van der Waals surface area contributed by atoms with Gasteiger partial charge in [-0.15, -0.1) is 0 Å². The van der Waals surface area contributed by atoms with Crippen LogP contribution in [0, 0.1) is 0 Å². The second kappa shape index (κ2) is 3.89. The summed E-state index contributed by atoms with van der Waals surface area (Å²) in [5.74, 6) is 0. The maximum atomic E-state index is 11.0. The molecule has 0 bridgehead atoms. The van der Waals surface area contributed by atoms with Gasteiger partial charge in [0.15, 0.2) is 0 Å². The first-order valence-electron chi connectivity index (χ1n) is 4.32. The van der Waals surface area contributed by atoms with E-state index >= 15 is 0 Å². The number of benzene rings is 1. The highest BCUT2D eigenvalue weighted by Crippen LogP contribution is 2.19. The Kier molecular flexibility index (Phi) is 2.71. The molecule has 0 fully saturated rings. The zero-order valence-electron chi connectivity index (χ0n) is 8.04. The number of hydrogen-bond acceptors (Lipinski definition) is 3. The summed E-state index contributed by atoms with van der Waals surface area (Å²) in [6, 6.07) is 8.46. The Hall–Kier alpha value is -1.37. The van der Waals surface area contributed by atoms with Crippen LogP contribution in [0.15, 0.2) is 36.5 Å². The first-order valence-corrected chi connectivity index (χ1v) is 6.20. The van der Waals surface area contributed by atoms with Crippen molar-refractivity contribution in [1.82, 2.24) is 9.19 Å². The summed E-state index contributed by atoms with van der Waals surface area (Å²) >= 11 is 5.74. The summed E-state index contributed by atoms with van der Waals surface area (Å²) in [5.41, 5.74) is 1.29. The second-order valence-corrected chi connectivity index (χ2v) is 4.97. The smallest absolute Gasteiger partial charge is 0.210 e. The highest BCUT2D eigenvalue weighted by molar-refractivity contribution is 7.87. The summed E-state index contributed by atoms with van der Waals surface area (Å²) in [5, 5.41) is 9.37. The Balaban J connectivity index is 2.43. The minimum Gasteiger partial charge on any atom is -0.210 e. The Morgan fingerprint density at radius 2 is 1.81 bits per heavy atom. The molecule has 1 aromatic carbocycles. The SMILES string of the molecule is NS(=O)(=O)n1ccc(-c2ccc(Cl)cc2)n1. The quantitative estimate of drug-likeness (QED) is 0.880. The summed E-state index contributed by atoms with van der Waals surface area (Å²) in [6.45, 7) is 0. The molecule has 2 N–H and O–H groups in total. The molecule has 16 heavy (non-hydrogen) atoms. The van der Waals surface area contributed by atoms with Gasteiger partial charge in [-0.1, -0.05) is 23.7 Å². The van der Waals surface area contributed by atoms with Gasteiger partial charge in [-0.05, 0) is 18.2 Å². The highest BCUT2D eigenvalue weighted by atomic mass is 35.5. The third-order valence-electron chi connectivity index (χ3n) is 1.97. The molecule has 0 radical (unpaired) electrons. The number of rotatable bonds is 2. The molecule has 0 saturated carbocycles. The van der Waals surface area contributed by atoms with Crippen molar-refractivity contribution < 1.29 is 8.42 Å². The van der Waals surface area contributed by atoms with Crippen molar-refractivity contribution >= 4 is 21.8 Å². The van der Waals surface area contributed by atoms with Crippen molar-refractivity contribution in [2.24, 2.45) is 5.14 Å². The van der Waals surface area contributed by atoms with Gasteiger partial charge < -0.3 is 0 Å². The van der Waals surface area contributed by atoms with E-state index in [1.807, 2.05) is 0 Å². The molecular weight excluding hydrogens is 250 g/mol. The minimum atomic E-state index is -3.82. The lowest BCUT2D eigenvalue weighted by Crippen LogP contribution is -2.22. The van der Waals surface area contributed by atoms with Gasteiger partial charge in [0.1, 0.15) is 0 Å². The zero-order chi connectivity index (χ0) is 11.8. The van der Waals surface area contributed by atoms with Gasteiger partial charge >= 0.3 is 10.2 Å². The third kappa shape index (κ3) is 2.24. The van der Waals surface area contributed by atoms with E-state index < -0.39 is 10.2 Å². The van der Waals surface area contributed by atoms with E-state index in [4.69, 9.17) is 16.7 Å². The Morgan fingerprint density at radius 3 is 2.31 bits per heavy atom. The maximum Gasteiger partial charge on any atom is 0.317 e. The molecule has 0 atom stereocenters. The van der Waals surface area contributed by atoms with Gasteiger partial charge in [0.05, 0.1) is 5.69 Å². The van der Waals surface area contributed by atoms with Crippen LogP contribution < -0.4 is 5.14 Å². The van der Waals surface area contributed by atoms with E-state index in [1.165, 1.54) is 6.20 Å². The van der Waals surface area contributed by atoms with E-state index in [-0.39, 0.29) is 0 Å². The number of nitrogens with zero attached hydrogens (tertiary/aromatic N) is 2. The zero-order valence-corrected chi connectivity index (χ0v) is 9.61. The molecule has 1 heterocycles. The molecule has 1 aromatic heterocycles. The molecule has 7 heteroatoms. The van der Waals surface area contributed by atoms with Crippen LogP contribution in [0.1, 0.15) is 0 Å². The van der Waals surface area contributed by atoms with Crippen molar-refractivity contribution in [1.29, 1.82) is 0 Å². The summed E-state index contributed by atoms with van der Waals surface area (Å²) in [4.78, 5) is 0. The van der Waals surface area contributed by atoms with Crippen molar-refractivity contribution in [3.8, 4) is 11.3 Å². The number of aromatic nitrogens is 2.